The Morgan fingerprint density at radius 3 is 2.45 bits per heavy atom. The zero-order valence-corrected chi connectivity index (χ0v) is 11.9. The maximum atomic E-state index is 13.8. The lowest BCUT2D eigenvalue weighted by atomic mass is 9.99. The van der Waals surface area contributed by atoms with Crippen molar-refractivity contribution >= 4 is 0 Å². The second kappa shape index (κ2) is 6.53. The second-order valence-corrected chi connectivity index (χ2v) is 4.91. The summed E-state index contributed by atoms with van der Waals surface area (Å²) >= 11 is 0. The number of ether oxygens (including phenoxy) is 1. The van der Waals surface area contributed by atoms with Crippen molar-refractivity contribution in [1.29, 1.82) is 0 Å². The molecule has 2 N–H and O–H groups in total. The van der Waals surface area contributed by atoms with Crippen molar-refractivity contribution in [3.8, 4) is 11.5 Å². The highest BCUT2D eigenvalue weighted by atomic mass is 19.1. The number of para-hydroxylation sites is 1. The fraction of sp³-hybridized carbons (Fsp3) is 0.294. The van der Waals surface area contributed by atoms with Crippen LogP contribution >= 0.6 is 0 Å². The van der Waals surface area contributed by atoms with Crippen molar-refractivity contribution < 1.29 is 9.13 Å². The van der Waals surface area contributed by atoms with Gasteiger partial charge in [0.2, 0.25) is 0 Å². The summed E-state index contributed by atoms with van der Waals surface area (Å²) in [5.41, 5.74) is 7.53. The summed E-state index contributed by atoms with van der Waals surface area (Å²) in [6.07, 6.45) is 1.09. The Kier molecular flexibility index (Phi) is 4.74. The lowest BCUT2D eigenvalue weighted by molar-refractivity contribution is 0.436. The Morgan fingerprint density at radius 1 is 1.15 bits per heavy atom. The molecule has 3 heteroatoms. The number of hydrogen-bond donors (Lipinski definition) is 1. The number of halogens is 1. The molecular weight excluding hydrogens is 253 g/mol. The van der Waals surface area contributed by atoms with E-state index in [1.807, 2.05) is 24.3 Å². The summed E-state index contributed by atoms with van der Waals surface area (Å²) < 4.78 is 19.4. The van der Waals surface area contributed by atoms with Crippen LogP contribution in [0.2, 0.25) is 0 Å². The van der Waals surface area contributed by atoms with E-state index >= 15 is 0 Å². The zero-order valence-electron chi connectivity index (χ0n) is 11.9. The van der Waals surface area contributed by atoms with Gasteiger partial charge in [-0.25, -0.2) is 4.39 Å². The fourth-order valence-electron chi connectivity index (χ4n) is 2.05. The smallest absolute Gasteiger partial charge is 0.167 e. The van der Waals surface area contributed by atoms with Gasteiger partial charge in [-0.15, -0.1) is 0 Å². The highest BCUT2D eigenvalue weighted by Crippen LogP contribution is 2.29. The highest BCUT2D eigenvalue weighted by molar-refractivity contribution is 5.40. The maximum Gasteiger partial charge on any atom is 0.167 e. The summed E-state index contributed by atoms with van der Waals surface area (Å²) in [7, 11) is 0. The first-order valence-corrected chi connectivity index (χ1v) is 6.91. The van der Waals surface area contributed by atoms with Gasteiger partial charge >= 0.3 is 0 Å². The van der Waals surface area contributed by atoms with Gasteiger partial charge in [-0.2, -0.15) is 0 Å². The van der Waals surface area contributed by atoms with Gasteiger partial charge in [-0.05, 0) is 36.1 Å². The van der Waals surface area contributed by atoms with E-state index in [4.69, 9.17) is 10.5 Å². The second-order valence-electron chi connectivity index (χ2n) is 4.91. The van der Waals surface area contributed by atoms with Crippen molar-refractivity contribution in [2.45, 2.75) is 32.7 Å². The van der Waals surface area contributed by atoms with E-state index in [9.17, 15) is 4.39 Å². The maximum absolute atomic E-state index is 13.8. The molecule has 0 aliphatic heterocycles. The Hall–Kier alpha value is -1.87. The molecule has 0 heterocycles. The molecule has 0 saturated carbocycles. The topological polar surface area (TPSA) is 35.2 Å². The first kappa shape index (κ1) is 14.5. The van der Waals surface area contributed by atoms with Crippen molar-refractivity contribution in [1.82, 2.24) is 0 Å². The van der Waals surface area contributed by atoms with E-state index < -0.39 is 0 Å². The van der Waals surface area contributed by atoms with Crippen LogP contribution in [0.15, 0.2) is 42.5 Å². The minimum absolute atomic E-state index is 0.214. The molecule has 0 aliphatic rings. The summed E-state index contributed by atoms with van der Waals surface area (Å²) in [6, 6.07) is 12.6. The van der Waals surface area contributed by atoms with E-state index in [-0.39, 0.29) is 18.1 Å². The molecule has 0 bridgehead atoms. The van der Waals surface area contributed by atoms with Crippen LogP contribution in [0.4, 0.5) is 4.39 Å². The van der Waals surface area contributed by atoms with Gasteiger partial charge in [-0.1, -0.05) is 38.1 Å². The summed E-state index contributed by atoms with van der Waals surface area (Å²) in [4.78, 5) is 0. The number of nitrogens with two attached hydrogens (primary N) is 1. The fourth-order valence-corrected chi connectivity index (χ4v) is 2.05. The van der Waals surface area contributed by atoms with Crippen LogP contribution in [0.3, 0.4) is 0 Å². The SMILES string of the molecule is CCC(C)c1ccc(Oc2c(F)cccc2CN)cc1. The van der Waals surface area contributed by atoms with Crippen molar-refractivity contribution in [3.05, 3.63) is 59.4 Å². The van der Waals surface area contributed by atoms with E-state index in [2.05, 4.69) is 13.8 Å². The minimum atomic E-state index is -0.390. The van der Waals surface area contributed by atoms with Crippen molar-refractivity contribution in [2.24, 2.45) is 5.73 Å². The molecule has 0 saturated heterocycles. The molecule has 0 fully saturated rings. The Labute approximate surface area is 119 Å². The number of hydrogen-bond acceptors (Lipinski definition) is 2. The molecule has 2 aromatic rings. The van der Waals surface area contributed by atoms with Gasteiger partial charge in [0.15, 0.2) is 11.6 Å². The third-order valence-electron chi connectivity index (χ3n) is 3.55. The molecule has 1 atom stereocenters. The van der Waals surface area contributed by atoms with Crippen LogP contribution in [0, 0.1) is 5.82 Å². The lowest BCUT2D eigenvalue weighted by Gasteiger charge is -2.13. The lowest BCUT2D eigenvalue weighted by Crippen LogP contribution is -2.01. The first-order chi connectivity index (χ1) is 9.65. The van der Waals surface area contributed by atoms with Crippen LogP contribution in [0.25, 0.3) is 0 Å². The molecule has 0 amide bonds. The molecule has 2 nitrogen and oxygen atoms in total. The highest BCUT2D eigenvalue weighted by Gasteiger charge is 2.10. The van der Waals surface area contributed by atoms with Gasteiger partial charge in [0.05, 0.1) is 0 Å². The monoisotopic (exact) mass is 273 g/mol. The third kappa shape index (κ3) is 3.17. The van der Waals surface area contributed by atoms with Crippen molar-refractivity contribution in [2.75, 3.05) is 0 Å². The zero-order chi connectivity index (χ0) is 14.5. The van der Waals surface area contributed by atoms with Crippen LogP contribution in [0.1, 0.15) is 37.3 Å². The number of benzene rings is 2. The Morgan fingerprint density at radius 2 is 1.85 bits per heavy atom. The largest absolute Gasteiger partial charge is 0.454 e. The molecule has 0 radical (unpaired) electrons. The normalized spacial score (nSPS) is 12.2. The average Bonchev–Trinajstić information content (AvgIpc) is 2.49. The molecule has 0 aliphatic carbocycles. The first-order valence-electron chi connectivity index (χ1n) is 6.91. The van der Waals surface area contributed by atoms with E-state index in [0.29, 0.717) is 17.2 Å². The predicted molar refractivity (Wildman–Crippen MR) is 79.5 cm³/mol. The van der Waals surface area contributed by atoms with E-state index in [1.165, 1.54) is 11.6 Å². The average molecular weight is 273 g/mol. The van der Waals surface area contributed by atoms with Crippen LogP contribution in [-0.2, 0) is 6.54 Å². The van der Waals surface area contributed by atoms with Gasteiger partial charge in [0.1, 0.15) is 5.75 Å². The van der Waals surface area contributed by atoms with Gasteiger partial charge in [0.25, 0.3) is 0 Å². The summed E-state index contributed by atoms with van der Waals surface area (Å²) in [5.74, 6) is 0.958. The predicted octanol–water partition coefficient (Wildman–Crippen LogP) is 4.59. The van der Waals surface area contributed by atoms with Crippen LogP contribution in [0.5, 0.6) is 11.5 Å². The molecule has 1 unspecified atom stereocenters. The molecule has 2 aromatic carbocycles. The van der Waals surface area contributed by atoms with Gasteiger partial charge < -0.3 is 10.5 Å². The minimum Gasteiger partial charge on any atom is -0.454 e. The van der Waals surface area contributed by atoms with Crippen LogP contribution < -0.4 is 10.5 Å². The Bertz CT molecular complexity index is 566. The molecule has 0 aromatic heterocycles. The van der Waals surface area contributed by atoms with Crippen molar-refractivity contribution in [3.63, 3.8) is 0 Å². The van der Waals surface area contributed by atoms with E-state index in [0.717, 1.165) is 6.42 Å². The quantitative estimate of drug-likeness (QED) is 0.864. The standard InChI is InChI=1S/C17H20FNO/c1-3-12(2)13-7-9-15(10-8-13)20-17-14(11-19)5-4-6-16(17)18/h4-10,12H,3,11,19H2,1-2H3. The Balaban J connectivity index is 2.22. The van der Waals surface area contributed by atoms with Gasteiger partial charge in [0, 0.05) is 12.1 Å². The molecule has 106 valence electrons. The molecule has 2 rings (SSSR count). The number of rotatable bonds is 5. The van der Waals surface area contributed by atoms with Crippen LogP contribution in [-0.4, -0.2) is 0 Å². The molecule has 0 spiro atoms. The third-order valence-corrected chi connectivity index (χ3v) is 3.55. The summed E-state index contributed by atoms with van der Waals surface area (Å²) in [6.45, 7) is 4.58. The van der Waals surface area contributed by atoms with E-state index in [1.54, 1.807) is 12.1 Å². The summed E-state index contributed by atoms with van der Waals surface area (Å²) in [5, 5.41) is 0. The molecule has 20 heavy (non-hydrogen) atoms. The molecular formula is C17H20FNO. The van der Waals surface area contributed by atoms with Gasteiger partial charge in [-0.3, -0.25) is 0 Å².